The summed E-state index contributed by atoms with van der Waals surface area (Å²) >= 11 is 3.40. The van der Waals surface area contributed by atoms with Crippen LogP contribution in [0, 0.1) is 0 Å². The zero-order valence-electron chi connectivity index (χ0n) is 10.7. The lowest BCUT2D eigenvalue weighted by atomic mass is 10.1. The van der Waals surface area contributed by atoms with Gasteiger partial charge in [-0.15, -0.1) is 0 Å². The van der Waals surface area contributed by atoms with E-state index in [4.69, 9.17) is 4.74 Å². The molecule has 2 aromatic rings. The van der Waals surface area contributed by atoms with Crippen LogP contribution in [0.2, 0.25) is 0 Å². The fourth-order valence-electron chi connectivity index (χ4n) is 1.87. The molecular weight excluding hydrogens is 294 g/mol. The topological polar surface area (TPSA) is 47.0 Å². The Hall–Kier alpha value is -1.20. The Labute approximate surface area is 115 Å². The molecule has 0 bridgehead atoms. The molecule has 0 fully saturated rings. The van der Waals surface area contributed by atoms with E-state index in [9.17, 15) is 0 Å². The molecule has 0 aliphatic carbocycles. The first kappa shape index (κ1) is 13.2. The Morgan fingerprint density at radius 2 is 2.17 bits per heavy atom. The molecule has 18 heavy (non-hydrogen) atoms. The van der Waals surface area contributed by atoms with E-state index in [-0.39, 0.29) is 5.54 Å². The van der Waals surface area contributed by atoms with Crippen molar-refractivity contribution < 1.29 is 4.74 Å². The van der Waals surface area contributed by atoms with Crippen molar-refractivity contribution in [2.24, 2.45) is 0 Å². The predicted octanol–water partition coefficient (Wildman–Crippen LogP) is 3.23. The maximum atomic E-state index is 5.20. The summed E-state index contributed by atoms with van der Waals surface area (Å²) in [7, 11) is 1.70. The van der Waals surface area contributed by atoms with Gasteiger partial charge in [-0.2, -0.15) is 0 Å². The molecule has 0 aliphatic heterocycles. The van der Waals surface area contributed by atoms with Crippen molar-refractivity contribution in [3.63, 3.8) is 0 Å². The van der Waals surface area contributed by atoms with E-state index >= 15 is 0 Å². The highest BCUT2D eigenvalue weighted by Gasteiger charge is 2.18. The number of hydrogen-bond donors (Lipinski definition) is 1. The molecule has 2 aromatic heterocycles. The Kier molecular flexibility index (Phi) is 3.82. The van der Waals surface area contributed by atoms with Gasteiger partial charge < -0.3 is 10.1 Å². The van der Waals surface area contributed by atoms with Crippen molar-refractivity contribution in [3.05, 3.63) is 29.0 Å². The number of methoxy groups -OCH3 is 1. The van der Waals surface area contributed by atoms with Crippen LogP contribution in [0.1, 0.15) is 13.8 Å². The first-order valence-corrected chi connectivity index (χ1v) is 6.48. The molecule has 0 unspecified atom stereocenters. The molecule has 0 aliphatic rings. The second-order valence-corrected chi connectivity index (χ2v) is 5.74. The first-order chi connectivity index (χ1) is 8.52. The Morgan fingerprint density at radius 3 is 2.89 bits per heavy atom. The Balaban J connectivity index is 2.39. The number of rotatable bonds is 4. The van der Waals surface area contributed by atoms with Crippen molar-refractivity contribution in [2.75, 3.05) is 19.0 Å². The average molecular weight is 310 g/mol. The fraction of sp³-hybridized carbons (Fsp3) is 0.385. The summed E-state index contributed by atoms with van der Waals surface area (Å²) in [6.45, 7) is 4.79. The summed E-state index contributed by atoms with van der Waals surface area (Å²) in [5.41, 5.74) is 2.54. The normalized spacial score (nSPS) is 11.8. The molecule has 0 amide bonds. The summed E-state index contributed by atoms with van der Waals surface area (Å²) in [5.74, 6) is 0. The molecule has 0 saturated heterocycles. The van der Waals surface area contributed by atoms with Crippen LogP contribution in [0.5, 0.6) is 0 Å². The molecular formula is C13H16BrN3O. The lowest BCUT2D eigenvalue weighted by Gasteiger charge is -2.26. The number of nitrogens with zero attached hydrogens (tertiary/aromatic N) is 2. The van der Waals surface area contributed by atoms with Crippen molar-refractivity contribution in [3.8, 4) is 0 Å². The quantitative estimate of drug-likeness (QED) is 0.942. The summed E-state index contributed by atoms with van der Waals surface area (Å²) in [6, 6.07) is 3.89. The van der Waals surface area contributed by atoms with E-state index in [0.29, 0.717) is 6.61 Å². The lowest BCUT2D eigenvalue weighted by molar-refractivity contribution is 0.158. The summed E-state index contributed by atoms with van der Waals surface area (Å²) in [6.07, 6.45) is 3.56. The molecule has 0 aromatic carbocycles. The number of aromatic nitrogens is 2. The van der Waals surface area contributed by atoms with Gasteiger partial charge in [0.25, 0.3) is 0 Å². The van der Waals surface area contributed by atoms with Gasteiger partial charge in [0.2, 0.25) is 0 Å². The molecule has 4 nitrogen and oxygen atoms in total. The standard InChI is InChI=1S/C13H16BrN3O/c1-13(2,8-18-3)17-10-4-5-15-11-6-9(14)7-16-12(10)11/h4-7H,8H2,1-3H3,(H,15,17). The van der Waals surface area contributed by atoms with Crippen LogP contribution in [0.15, 0.2) is 29.0 Å². The van der Waals surface area contributed by atoms with Gasteiger partial charge in [-0.25, -0.2) is 0 Å². The second-order valence-electron chi connectivity index (χ2n) is 4.82. The van der Waals surface area contributed by atoms with Gasteiger partial charge in [-0.1, -0.05) is 0 Å². The third-order valence-electron chi connectivity index (χ3n) is 2.52. The van der Waals surface area contributed by atoms with Crippen molar-refractivity contribution >= 4 is 32.7 Å². The zero-order chi connectivity index (χ0) is 13.2. The SMILES string of the molecule is COCC(C)(C)Nc1ccnc2cc(Br)cnc12. The van der Waals surface area contributed by atoms with E-state index in [1.54, 1.807) is 19.5 Å². The van der Waals surface area contributed by atoms with E-state index in [1.807, 2.05) is 12.1 Å². The summed E-state index contributed by atoms with van der Waals surface area (Å²) in [4.78, 5) is 8.73. The van der Waals surface area contributed by atoms with Gasteiger partial charge in [0.15, 0.2) is 0 Å². The van der Waals surface area contributed by atoms with Crippen molar-refractivity contribution in [1.82, 2.24) is 9.97 Å². The number of nitrogens with one attached hydrogen (secondary N) is 1. The molecule has 0 radical (unpaired) electrons. The predicted molar refractivity (Wildman–Crippen MR) is 76.8 cm³/mol. The zero-order valence-corrected chi connectivity index (χ0v) is 12.3. The fourth-order valence-corrected chi connectivity index (χ4v) is 2.19. The van der Waals surface area contributed by atoms with Gasteiger partial charge in [-0.05, 0) is 41.9 Å². The first-order valence-electron chi connectivity index (χ1n) is 5.69. The third-order valence-corrected chi connectivity index (χ3v) is 2.96. The third kappa shape index (κ3) is 2.97. The van der Waals surface area contributed by atoms with Gasteiger partial charge in [0.05, 0.1) is 23.3 Å². The van der Waals surface area contributed by atoms with E-state index in [0.717, 1.165) is 21.2 Å². The monoisotopic (exact) mass is 309 g/mol. The van der Waals surface area contributed by atoms with Gasteiger partial charge in [-0.3, -0.25) is 9.97 Å². The van der Waals surface area contributed by atoms with Crippen LogP contribution in [-0.2, 0) is 4.74 Å². The van der Waals surface area contributed by atoms with E-state index in [2.05, 4.69) is 45.1 Å². The van der Waals surface area contributed by atoms with Crippen molar-refractivity contribution in [1.29, 1.82) is 0 Å². The van der Waals surface area contributed by atoms with Crippen LogP contribution < -0.4 is 5.32 Å². The number of halogens is 1. The molecule has 2 heterocycles. The van der Waals surface area contributed by atoms with Crippen LogP contribution in [0.3, 0.4) is 0 Å². The molecule has 0 atom stereocenters. The number of anilines is 1. The second kappa shape index (κ2) is 5.20. The van der Waals surface area contributed by atoms with Crippen LogP contribution >= 0.6 is 15.9 Å². The molecule has 1 N–H and O–H groups in total. The molecule has 5 heteroatoms. The number of pyridine rings is 2. The molecule has 96 valence electrons. The molecule has 0 spiro atoms. The van der Waals surface area contributed by atoms with E-state index < -0.39 is 0 Å². The maximum Gasteiger partial charge on any atom is 0.112 e. The smallest absolute Gasteiger partial charge is 0.112 e. The number of fused-ring (bicyclic) bond motifs is 1. The van der Waals surface area contributed by atoms with Crippen molar-refractivity contribution in [2.45, 2.75) is 19.4 Å². The highest BCUT2D eigenvalue weighted by Crippen LogP contribution is 2.24. The molecule has 0 saturated carbocycles. The lowest BCUT2D eigenvalue weighted by Crippen LogP contribution is -2.36. The van der Waals surface area contributed by atoms with E-state index in [1.165, 1.54) is 0 Å². The van der Waals surface area contributed by atoms with Gasteiger partial charge >= 0.3 is 0 Å². The Bertz CT molecular complexity index is 557. The minimum Gasteiger partial charge on any atom is -0.382 e. The maximum absolute atomic E-state index is 5.20. The largest absolute Gasteiger partial charge is 0.382 e. The summed E-state index contributed by atoms with van der Waals surface area (Å²) < 4.78 is 6.13. The van der Waals surface area contributed by atoms with Gasteiger partial charge in [0, 0.05) is 24.0 Å². The summed E-state index contributed by atoms with van der Waals surface area (Å²) in [5, 5.41) is 3.44. The van der Waals surface area contributed by atoms with Crippen LogP contribution in [0.25, 0.3) is 11.0 Å². The number of ether oxygens (including phenoxy) is 1. The Morgan fingerprint density at radius 1 is 1.39 bits per heavy atom. The average Bonchev–Trinajstić information content (AvgIpc) is 2.28. The van der Waals surface area contributed by atoms with Crippen LogP contribution in [-0.4, -0.2) is 29.2 Å². The minimum atomic E-state index is -0.155. The highest BCUT2D eigenvalue weighted by molar-refractivity contribution is 9.10. The van der Waals surface area contributed by atoms with Crippen LogP contribution in [0.4, 0.5) is 5.69 Å². The molecule has 2 rings (SSSR count). The van der Waals surface area contributed by atoms with Gasteiger partial charge in [0.1, 0.15) is 5.52 Å². The minimum absolute atomic E-state index is 0.155. The number of hydrogen-bond acceptors (Lipinski definition) is 4. The highest BCUT2D eigenvalue weighted by atomic mass is 79.9.